The molecule has 0 spiro atoms. The first kappa shape index (κ1) is 14.3. The molecule has 0 unspecified atom stereocenters. The molecule has 6 N–H and O–H groups in total. The van der Waals surface area contributed by atoms with Gasteiger partial charge in [-0.05, 0) is 6.42 Å². The number of nitrogens with two attached hydrogens (primary N) is 3. The molecule has 0 aliphatic rings. The Morgan fingerprint density at radius 3 is 2.33 bits per heavy atom. The van der Waals surface area contributed by atoms with E-state index in [4.69, 9.17) is 17.2 Å². The van der Waals surface area contributed by atoms with Crippen molar-refractivity contribution in [2.24, 2.45) is 11.5 Å². The first-order valence-corrected chi connectivity index (χ1v) is 6.44. The predicted octanol–water partition coefficient (Wildman–Crippen LogP) is 0.764. The van der Waals surface area contributed by atoms with E-state index in [9.17, 15) is 9.59 Å². The summed E-state index contributed by atoms with van der Waals surface area (Å²) in [6.07, 6.45) is 2.00. The van der Waals surface area contributed by atoms with Gasteiger partial charge >= 0.3 is 0 Å². The van der Waals surface area contributed by atoms with Gasteiger partial charge < -0.3 is 22.1 Å². The van der Waals surface area contributed by atoms with Crippen molar-refractivity contribution < 1.29 is 9.59 Å². The van der Waals surface area contributed by atoms with Gasteiger partial charge in [0.15, 0.2) is 0 Å². The molecule has 1 heterocycles. The molecule has 0 fully saturated rings. The van der Waals surface area contributed by atoms with Crippen LogP contribution in [0.1, 0.15) is 39.8 Å². The Balaban J connectivity index is 3.21. The van der Waals surface area contributed by atoms with Gasteiger partial charge in [-0.2, -0.15) is 0 Å². The Hall–Kier alpha value is -1.76. The van der Waals surface area contributed by atoms with E-state index in [0.717, 1.165) is 30.7 Å². The number of carbonyl (C=O) groups is 2. The highest BCUT2D eigenvalue weighted by Crippen LogP contribution is 2.37. The Labute approximate surface area is 110 Å². The number of nitrogens with zero attached hydrogens (tertiary/aromatic N) is 1. The Bertz CT molecular complexity index is 470. The van der Waals surface area contributed by atoms with Crippen molar-refractivity contribution in [3.05, 3.63) is 10.4 Å². The van der Waals surface area contributed by atoms with Gasteiger partial charge in [-0.1, -0.05) is 13.3 Å². The SMILES string of the molecule is CCCCN(C)c1sc(C(N)=O)c(N)c1C(N)=O. The van der Waals surface area contributed by atoms with Gasteiger partial charge in [0.1, 0.15) is 9.88 Å². The summed E-state index contributed by atoms with van der Waals surface area (Å²) in [6, 6.07) is 0. The molecule has 2 amide bonds. The van der Waals surface area contributed by atoms with Crippen LogP contribution in [0.2, 0.25) is 0 Å². The Morgan fingerprint density at radius 1 is 1.28 bits per heavy atom. The zero-order valence-corrected chi connectivity index (χ0v) is 11.3. The third kappa shape index (κ3) is 2.73. The smallest absolute Gasteiger partial charge is 0.260 e. The summed E-state index contributed by atoms with van der Waals surface area (Å²) >= 11 is 1.11. The number of carbonyl (C=O) groups excluding carboxylic acids is 2. The number of amides is 2. The molecule has 1 rings (SSSR count). The van der Waals surface area contributed by atoms with Gasteiger partial charge in [0.2, 0.25) is 0 Å². The molecular weight excluding hydrogens is 252 g/mol. The number of unbranched alkanes of at least 4 members (excludes halogenated alkanes) is 1. The standard InChI is InChI=1S/C11H18N4O2S/c1-3-4-5-15(2)11-6(9(13)16)7(12)8(18-11)10(14)17/h3-5,12H2,1-2H3,(H2,13,16)(H2,14,17). The molecule has 0 saturated carbocycles. The van der Waals surface area contributed by atoms with Crippen LogP contribution >= 0.6 is 11.3 Å². The fourth-order valence-electron chi connectivity index (χ4n) is 1.62. The van der Waals surface area contributed by atoms with Crippen LogP contribution in [0.4, 0.5) is 10.7 Å². The first-order chi connectivity index (χ1) is 8.40. The van der Waals surface area contributed by atoms with Gasteiger partial charge in [-0.3, -0.25) is 9.59 Å². The Kier molecular flexibility index (Phi) is 4.55. The monoisotopic (exact) mass is 270 g/mol. The van der Waals surface area contributed by atoms with Crippen LogP contribution < -0.4 is 22.1 Å². The van der Waals surface area contributed by atoms with Crippen molar-refractivity contribution in [3.8, 4) is 0 Å². The van der Waals surface area contributed by atoms with Gasteiger partial charge in [0, 0.05) is 13.6 Å². The molecule has 7 heteroatoms. The topological polar surface area (TPSA) is 115 Å². The average molecular weight is 270 g/mol. The predicted molar refractivity (Wildman–Crippen MR) is 73.9 cm³/mol. The fourth-order valence-corrected chi connectivity index (χ4v) is 2.68. The third-order valence-electron chi connectivity index (χ3n) is 2.59. The van der Waals surface area contributed by atoms with Gasteiger partial charge in [0.25, 0.3) is 11.8 Å². The molecular formula is C11H18N4O2S. The summed E-state index contributed by atoms with van der Waals surface area (Å²) in [6.45, 7) is 2.83. The minimum atomic E-state index is -0.644. The maximum atomic E-state index is 11.4. The van der Waals surface area contributed by atoms with Crippen molar-refractivity contribution in [1.82, 2.24) is 0 Å². The van der Waals surface area contributed by atoms with E-state index >= 15 is 0 Å². The molecule has 100 valence electrons. The highest BCUT2D eigenvalue weighted by molar-refractivity contribution is 7.19. The van der Waals surface area contributed by atoms with Crippen LogP contribution in [-0.4, -0.2) is 25.4 Å². The van der Waals surface area contributed by atoms with Crippen molar-refractivity contribution in [2.75, 3.05) is 24.2 Å². The lowest BCUT2D eigenvalue weighted by atomic mass is 10.2. The van der Waals surface area contributed by atoms with Crippen LogP contribution in [0.5, 0.6) is 0 Å². The number of hydrogen-bond donors (Lipinski definition) is 3. The van der Waals surface area contributed by atoms with Gasteiger partial charge in [-0.25, -0.2) is 0 Å². The molecule has 18 heavy (non-hydrogen) atoms. The lowest BCUT2D eigenvalue weighted by molar-refractivity contribution is 0.0999. The van der Waals surface area contributed by atoms with Crippen LogP contribution in [0, 0.1) is 0 Å². The largest absolute Gasteiger partial charge is 0.397 e. The number of nitrogen functional groups attached to an aromatic ring is 1. The summed E-state index contributed by atoms with van der Waals surface area (Å²) in [5, 5.41) is 0.599. The summed E-state index contributed by atoms with van der Waals surface area (Å²) in [4.78, 5) is 24.7. The molecule has 1 aromatic rings. The highest BCUT2D eigenvalue weighted by atomic mass is 32.1. The summed E-state index contributed by atoms with van der Waals surface area (Å²) in [5.74, 6) is -1.29. The highest BCUT2D eigenvalue weighted by Gasteiger charge is 2.24. The molecule has 1 aromatic heterocycles. The van der Waals surface area contributed by atoms with Gasteiger partial charge in [0.05, 0.1) is 11.3 Å². The molecule has 0 aliphatic carbocycles. The number of primary amides is 2. The Morgan fingerprint density at radius 2 is 1.89 bits per heavy atom. The summed E-state index contributed by atoms with van der Waals surface area (Å²) in [5.41, 5.74) is 16.5. The zero-order valence-electron chi connectivity index (χ0n) is 10.5. The van der Waals surface area contributed by atoms with E-state index in [2.05, 4.69) is 6.92 Å². The molecule has 0 aromatic carbocycles. The normalized spacial score (nSPS) is 10.3. The second-order valence-electron chi connectivity index (χ2n) is 4.03. The van der Waals surface area contributed by atoms with Crippen LogP contribution in [0.25, 0.3) is 0 Å². The summed E-state index contributed by atoms with van der Waals surface area (Å²) < 4.78 is 0. The number of hydrogen-bond acceptors (Lipinski definition) is 5. The van der Waals surface area contributed by atoms with Crippen LogP contribution in [0.15, 0.2) is 0 Å². The van der Waals surface area contributed by atoms with E-state index < -0.39 is 11.8 Å². The minimum Gasteiger partial charge on any atom is -0.397 e. The van der Waals surface area contributed by atoms with Crippen molar-refractivity contribution in [2.45, 2.75) is 19.8 Å². The van der Waals surface area contributed by atoms with E-state index in [-0.39, 0.29) is 16.1 Å². The van der Waals surface area contributed by atoms with E-state index in [1.807, 2.05) is 11.9 Å². The second kappa shape index (κ2) is 5.72. The van der Waals surface area contributed by atoms with Crippen LogP contribution in [0.3, 0.4) is 0 Å². The molecule has 0 atom stereocenters. The number of rotatable bonds is 6. The van der Waals surface area contributed by atoms with Crippen LogP contribution in [-0.2, 0) is 0 Å². The van der Waals surface area contributed by atoms with E-state index in [1.54, 1.807) is 0 Å². The molecule has 0 aliphatic heterocycles. The molecule has 0 radical (unpaired) electrons. The number of thiophene rings is 1. The van der Waals surface area contributed by atoms with Crippen molar-refractivity contribution in [1.29, 1.82) is 0 Å². The third-order valence-corrected chi connectivity index (χ3v) is 3.92. The minimum absolute atomic E-state index is 0.0818. The maximum Gasteiger partial charge on any atom is 0.260 e. The lowest BCUT2D eigenvalue weighted by Crippen LogP contribution is -2.22. The fraction of sp³-hybridized carbons (Fsp3) is 0.455. The molecule has 0 bridgehead atoms. The van der Waals surface area contributed by atoms with Crippen molar-refractivity contribution in [3.63, 3.8) is 0 Å². The van der Waals surface area contributed by atoms with E-state index in [0.29, 0.717) is 5.00 Å². The lowest BCUT2D eigenvalue weighted by Gasteiger charge is -2.17. The molecule has 0 saturated heterocycles. The summed E-state index contributed by atoms with van der Waals surface area (Å²) in [7, 11) is 1.83. The second-order valence-corrected chi connectivity index (χ2v) is 5.03. The first-order valence-electron chi connectivity index (χ1n) is 5.63. The molecule has 6 nitrogen and oxygen atoms in total. The van der Waals surface area contributed by atoms with Gasteiger partial charge in [-0.15, -0.1) is 11.3 Å². The van der Waals surface area contributed by atoms with Crippen molar-refractivity contribution >= 4 is 33.8 Å². The quantitative estimate of drug-likeness (QED) is 0.707. The van der Waals surface area contributed by atoms with E-state index in [1.165, 1.54) is 0 Å². The zero-order chi connectivity index (χ0) is 13.9. The maximum absolute atomic E-state index is 11.4. The average Bonchev–Trinajstić information content (AvgIpc) is 2.63. The number of anilines is 2.